The lowest BCUT2D eigenvalue weighted by Gasteiger charge is -2.07. The van der Waals surface area contributed by atoms with Crippen molar-refractivity contribution < 1.29 is 5.11 Å². The summed E-state index contributed by atoms with van der Waals surface area (Å²) in [4.78, 5) is 3.13. The summed E-state index contributed by atoms with van der Waals surface area (Å²) in [7, 11) is 0. The van der Waals surface area contributed by atoms with Crippen LogP contribution < -0.4 is 5.73 Å². The van der Waals surface area contributed by atoms with E-state index in [1.807, 2.05) is 24.4 Å². The number of fused-ring (bicyclic) bond motifs is 1. The van der Waals surface area contributed by atoms with Gasteiger partial charge in [-0.3, -0.25) is 0 Å². The summed E-state index contributed by atoms with van der Waals surface area (Å²) in [6.45, 7) is 0.0329. The second-order valence-corrected chi connectivity index (χ2v) is 3.55. The maximum atomic E-state index is 8.84. The van der Waals surface area contributed by atoms with Gasteiger partial charge < -0.3 is 15.8 Å². The molecule has 4 heteroatoms. The Hall–Kier alpha value is -1.03. The van der Waals surface area contributed by atoms with Gasteiger partial charge in [0.15, 0.2) is 0 Å². The van der Waals surface area contributed by atoms with Gasteiger partial charge in [-0.2, -0.15) is 0 Å². The van der Waals surface area contributed by atoms with Crippen molar-refractivity contribution in [3.8, 4) is 0 Å². The Morgan fingerprint density at radius 1 is 1.33 bits per heavy atom. The Morgan fingerprint density at radius 2 is 2.13 bits per heavy atom. The van der Waals surface area contributed by atoms with Crippen molar-refractivity contribution in [2.75, 3.05) is 6.61 Å². The lowest BCUT2D eigenvalue weighted by atomic mass is 10.1. The summed E-state index contributed by atoms with van der Waals surface area (Å²) < 4.78 is 0. The molecule has 1 aromatic heterocycles. The Morgan fingerprint density at radius 3 is 2.87 bits per heavy atom. The van der Waals surface area contributed by atoms with Crippen molar-refractivity contribution >= 4 is 23.3 Å². The number of aliphatic hydroxyl groups is 1. The maximum Gasteiger partial charge on any atom is 0.0585 e. The third-order valence-electron chi connectivity index (χ3n) is 2.35. The smallest absolute Gasteiger partial charge is 0.0585 e. The third kappa shape index (κ3) is 2.72. The molecular formula is C11H15ClN2O. The minimum absolute atomic E-state index is 0. The van der Waals surface area contributed by atoms with Crippen molar-refractivity contribution in [2.24, 2.45) is 5.73 Å². The monoisotopic (exact) mass is 226 g/mol. The van der Waals surface area contributed by atoms with Crippen LogP contribution in [0.25, 0.3) is 10.9 Å². The first-order valence-corrected chi connectivity index (χ1v) is 4.72. The van der Waals surface area contributed by atoms with E-state index in [0.717, 1.165) is 11.9 Å². The fraction of sp³-hybridized carbons (Fsp3) is 0.273. The number of nitrogens with two attached hydrogens (primary N) is 1. The van der Waals surface area contributed by atoms with Gasteiger partial charge in [0.2, 0.25) is 0 Å². The van der Waals surface area contributed by atoms with Crippen molar-refractivity contribution in [2.45, 2.75) is 12.5 Å². The molecule has 1 atom stereocenters. The Labute approximate surface area is 94.7 Å². The number of aromatic nitrogens is 1. The van der Waals surface area contributed by atoms with Crippen molar-refractivity contribution in [1.29, 1.82) is 0 Å². The number of H-pyrrole nitrogens is 1. The Bertz CT molecular complexity index is 427. The van der Waals surface area contributed by atoms with Gasteiger partial charge in [-0.25, -0.2) is 0 Å². The van der Waals surface area contributed by atoms with Crippen LogP contribution in [-0.2, 0) is 6.42 Å². The highest BCUT2D eigenvalue weighted by atomic mass is 35.5. The lowest BCUT2D eigenvalue weighted by Crippen LogP contribution is -2.26. The van der Waals surface area contributed by atoms with Gasteiger partial charge >= 0.3 is 0 Å². The standard InChI is InChI=1S/C11H14N2O.ClH/c12-10(7-14)6-8-1-2-11-9(5-8)3-4-13-11;/h1-5,10,13-14H,6-7,12H2;1H. The number of halogens is 1. The first kappa shape index (κ1) is 12.0. The number of nitrogens with one attached hydrogen (secondary N) is 1. The van der Waals surface area contributed by atoms with Gasteiger partial charge in [-0.1, -0.05) is 6.07 Å². The summed E-state index contributed by atoms with van der Waals surface area (Å²) >= 11 is 0. The zero-order valence-electron chi connectivity index (χ0n) is 8.31. The summed E-state index contributed by atoms with van der Waals surface area (Å²) in [5.74, 6) is 0. The summed E-state index contributed by atoms with van der Waals surface area (Å²) in [5, 5.41) is 10.0. The molecule has 1 heterocycles. The largest absolute Gasteiger partial charge is 0.395 e. The molecule has 0 spiro atoms. The van der Waals surface area contributed by atoms with Crippen LogP contribution >= 0.6 is 12.4 Å². The SMILES string of the molecule is Cl.NC(CO)Cc1ccc2[nH]ccc2c1. The number of benzene rings is 1. The molecule has 2 rings (SSSR count). The van der Waals surface area contributed by atoms with Gasteiger partial charge in [-0.15, -0.1) is 12.4 Å². The van der Waals surface area contributed by atoms with Crippen molar-refractivity contribution in [3.05, 3.63) is 36.0 Å². The zero-order valence-corrected chi connectivity index (χ0v) is 9.13. The second-order valence-electron chi connectivity index (χ2n) is 3.55. The number of aliphatic hydroxyl groups excluding tert-OH is 1. The minimum Gasteiger partial charge on any atom is -0.395 e. The topological polar surface area (TPSA) is 62.0 Å². The molecule has 0 radical (unpaired) electrons. The van der Waals surface area contributed by atoms with Gasteiger partial charge in [0.1, 0.15) is 0 Å². The van der Waals surface area contributed by atoms with Crippen molar-refractivity contribution in [3.63, 3.8) is 0 Å². The molecule has 0 aliphatic heterocycles. The number of hydrogen-bond donors (Lipinski definition) is 3. The average Bonchev–Trinajstić information content (AvgIpc) is 2.64. The van der Waals surface area contributed by atoms with Gasteiger partial charge in [0.25, 0.3) is 0 Å². The first-order valence-electron chi connectivity index (χ1n) is 4.72. The van der Waals surface area contributed by atoms with Gasteiger partial charge in [0.05, 0.1) is 6.61 Å². The quantitative estimate of drug-likeness (QED) is 0.742. The molecule has 3 nitrogen and oxygen atoms in total. The molecule has 4 N–H and O–H groups in total. The van der Waals surface area contributed by atoms with E-state index in [9.17, 15) is 0 Å². The molecule has 2 aromatic rings. The number of hydrogen-bond acceptors (Lipinski definition) is 2. The van der Waals surface area contributed by atoms with E-state index >= 15 is 0 Å². The van der Waals surface area contributed by atoms with Gasteiger partial charge in [-0.05, 0) is 35.6 Å². The predicted molar refractivity (Wildman–Crippen MR) is 64.3 cm³/mol. The average molecular weight is 227 g/mol. The van der Waals surface area contributed by atoms with Crippen molar-refractivity contribution in [1.82, 2.24) is 4.98 Å². The van der Waals surface area contributed by atoms with E-state index in [1.165, 1.54) is 10.9 Å². The summed E-state index contributed by atoms with van der Waals surface area (Å²) in [5.41, 5.74) is 7.96. The molecule has 0 saturated carbocycles. The van der Waals surface area contributed by atoms with E-state index < -0.39 is 0 Å². The minimum atomic E-state index is -0.161. The molecule has 0 saturated heterocycles. The van der Waals surface area contributed by atoms with Crippen LogP contribution in [0.5, 0.6) is 0 Å². The first-order chi connectivity index (χ1) is 6.79. The van der Waals surface area contributed by atoms with Crippen LogP contribution in [-0.4, -0.2) is 22.7 Å². The van der Waals surface area contributed by atoms with E-state index in [1.54, 1.807) is 0 Å². The number of rotatable bonds is 3. The zero-order chi connectivity index (χ0) is 9.97. The van der Waals surface area contributed by atoms with E-state index in [-0.39, 0.29) is 25.1 Å². The molecule has 0 aliphatic carbocycles. The van der Waals surface area contributed by atoms with Crippen LogP contribution in [0.15, 0.2) is 30.5 Å². The molecule has 0 fully saturated rings. The van der Waals surface area contributed by atoms with Crippen LogP contribution in [0.1, 0.15) is 5.56 Å². The fourth-order valence-electron chi connectivity index (χ4n) is 1.60. The van der Waals surface area contributed by atoms with Crippen LogP contribution in [0, 0.1) is 0 Å². The maximum absolute atomic E-state index is 8.84. The molecule has 0 amide bonds. The van der Waals surface area contributed by atoms with E-state index in [2.05, 4.69) is 11.1 Å². The molecule has 82 valence electrons. The normalized spacial score (nSPS) is 12.4. The van der Waals surface area contributed by atoms with Crippen LogP contribution in [0.3, 0.4) is 0 Å². The number of aromatic amines is 1. The van der Waals surface area contributed by atoms with Crippen LogP contribution in [0.2, 0.25) is 0 Å². The highest BCUT2D eigenvalue weighted by Gasteiger charge is 2.03. The Kier molecular flexibility index (Phi) is 4.15. The highest BCUT2D eigenvalue weighted by Crippen LogP contribution is 2.14. The van der Waals surface area contributed by atoms with E-state index in [4.69, 9.17) is 10.8 Å². The molecule has 15 heavy (non-hydrogen) atoms. The summed E-state index contributed by atoms with van der Waals surface area (Å²) in [6.07, 6.45) is 2.64. The predicted octanol–water partition coefficient (Wildman–Crippen LogP) is 1.45. The van der Waals surface area contributed by atoms with Gasteiger partial charge in [0, 0.05) is 17.8 Å². The molecule has 0 aliphatic rings. The summed E-state index contributed by atoms with van der Waals surface area (Å²) in [6, 6.07) is 8.04. The fourth-order valence-corrected chi connectivity index (χ4v) is 1.60. The highest BCUT2D eigenvalue weighted by molar-refractivity contribution is 5.85. The molecule has 0 bridgehead atoms. The Balaban J connectivity index is 0.00000112. The molecular weight excluding hydrogens is 212 g/mol. The lowest BCUT2D eigenvalue weighted by molar-refractivity contribution is 0.265. The second kappa shape index (κ2) is 5.16. The molecule has 1 unspecified atom stereocenters. The molecule has 1 aromatic carbocycles. The van der Waals surface area contributed by atoms with Crippen LogP contribution in [0.4, 0.5) is 0 Å². The third-order valence-corrected chi connectivity index (χ3v) is 2.35. The van der Waals surface area contributed by atoms with E-state index in [0.29, 0.717) is 0 Å².